The summed E-state index contributed by atoms with van der Waals surface area (Å²) in [6.07, 6.45) is 1.15. The van der Waals surface area contributed by atoms with Crippen LogP contribution in [0.15, 0.2) is 59.5 Å². The molecule has 0 aliphatic heterocycles. The number of benzene rings is 2. The topological polar surface area (TPSA) is 29.3 Å². The summed E-state index contributed by atoms with van der Waals surface area (Å²) in [5.41, 5.74) is 7.84. The molecule has 2 rings (SSSR count). The van der Waals surface area contributed by atoms with Gasteiger partial charge in [0.2, 0.25) is 0 Å². The quantitative estimate of drug-likeness (QED) is 0.608. The molecule has 0 fully saturated rings. The van der Waals surface area contributed by atoms with Crippen LogP contribution in [-0.4, -0.2) is 18.8 Å². The van der Waals surface area contributed by atoms with E-state index in [2.05, 4.69) is 54.3 Å². The third-order valence-corrected chi connectivity index (χ3v) is 4.12. The fourth-order valence-corrected chi connectivity index (χ4v) is 3.01. The van der Waals surface area contributed by atoms with E-state index in [1.54, 1.807) is 0 Å². The van der Waals surface area contributed by atoms with Crippen molar-refractivity contribution >= 4 is 23.1 Å². The van der Waals surface area contributed by atoms with Crippen LogP contribution in [0.5, 0.6) is 0 Å². The second-order valence-electron chi connectivity index (χ2n) is 4.74. The maximum atomic E-state index is 5.75. The number of nitrogen functional groups attached to an aromatic ring is 1. The minimum absolute atomic E-state index is 0.823. The van der Waals surface area contributed by atoms with Crippen LogP contribution in [0.2, 0.25) is 0 Å². The van der Waals surface area contributed by atoms with E-state index in [1.165, 1.54) is 10.6 Å². The Labute approximate surface area is 126 Å². The molecule has 0 aliphatic carbocycles. The van der Waals surface area contributed by atoms with Crippen LogP contribution in [-0.2, 0) is 0 Å². The molecule has 2 aromatic rings. The Hall–Kier alpha value is -1.61. The summed E-state index contributed by atoms with van der Waals surface area (Å²) in [7, 11) is 0. The third-order valence-electron chi connectivity index (χ3n) is 3.12. The Morgan fingerprint density at radius 3 is 2.30 bits per heavy atom. The predicted octanol–water partition coefficient (Wildman–Crippen LogP) is 4.28. The van der Waals surface area contributed by atoms with Gasteiger partial charge in [-0.25, -0.2) is 0 Å². The SMILES string of the molecule is CCCN(CCSc1ccccc1)c1ccc(N)cc1. The van der Waals surface area contributed by atoms with Crippen LogP contribution in [0.4, 0.5) is 11.4 Å². The van der Waals surface area contributed by atoms with Gasteiger partial charge in [-0.05, 0) is 42.8 Å². The molecule has 20 heavy (non-hydrogen) atoms. The Bertz CT molecular complexity index is 496. The molecule has 2 aromatic carbocycles. The van der Waals surface area contributed by atoms with E-state index in [0.717, 1.165) is 31.0 Å². The molecule has 0 amide bonds. The minimum Gasteiger partial charge on any atom is -0.399 e. The lowest BCUT2D eigenvalue weighted by atomic mass is 10.2. The summed E-state index contributed by atoms with van der Waals surface area (Å²) in [6, 6.07) is 18.7. The van der Waals surface area contributed by atoms with E-state index in [4.69, 9.17) is 5.73 Å². The second kappa shape index (κ2) is 7.85. The average molecular weight is 286 g/mol. The van der Waals surface area contributed by atoms with E-state index in [-0.39, 0.29) is 0 Å². The van der Waals surface area contributed by atoms with E-state index in [1.807, 2.05) is 23.9 Å². The van der Waals surface area contributed by atoms with Gasteiger partial charge in [-0.3, -0.25) is 0 Å². The minimum atomic E-state index is 0.823. The standard InChI is InChI=1S/C17H22N2S/c1-2-12-19(16-10-8-15(18)9-11-16)13-14-20-17-6-4-3-5-7-17/h3-11H,2,12-14,18H2,1H3. The number of hydrogen-bond donors (Lipinski definition) is 1. The zero-order valence-corrected chi connectivity index (χ0v) is 12.8. The van der Waals surface area contributed by atoms with Gasteiger partial charge in [0, 0.05) is 35.1 Å². The molecule has 0 heterocycles. The zero-order valence-electron chi connectivity index (χ0n) is 12.0. The van der Waals surface area contributed by atoms with Crippen LogP contribution < -0.4 is 10.6 Å². The van der Waals surface area contributed by atoms with Crippen LogP contribution in [0.25, 0.3) is 0 Å². The summed E-state index contributed by atoms with van der Waals surface area (Å²) in [6.45, 7) is 4.35. The van der Waals surface area contributed by atoms with Crippen molar-refractivity contribution in [3.8, 4) is 0 Å². The maximum Gasteiger partial charge on any atom is 0.0367 e. The molecular weight excluding hydrogens is 264 g/mol. The third kappa shape index (κ3) is 4.49. The van der Waals surface area contributed by atoms with Gasteiger partial charge in [0.05, 0.1) is 0 Å². The number of nitrogens with two attached hydrogens (primary N) is 1. The highest BCUT2D eigenvalue weighted by Gasteiger charge is 2.05. The average Bonchev–Trinajstić information content (AvgIpc) is 2.48. The smallest absolute Gasteiger partial charge is 0.0367 e. The lowest BCUT2D eigenvalue weighted by Gasteiger charge is -2.24. The number of nitrogens with zero attached hydrogens (tertiary/aromatic N) is 1. The molecule has 0 aliphatic rings. The first kappa shape index (κ1) is 14.8. The molecule has 0 aromatic heterocycles. The lowest BCUT2D eigenvalue weighted by Crippen LogP contribution is -2.26. The van der Waals surface area contributed by atoms with Crippen LogP contribution in [0.1, 0.15) is 13.3 Å². The van der Waals surface area contributed by atoms with Gasteiger partial charge in [-0.2, -0.15) is 0 Å². The van der Waals surface area contributed by atoms with E-state index in [9.17, 15) is 0 Å². The highest BCUT2D eigenvalue weighted by Crippen LogP contribution is 2.20. The number of thioether (sulfide) groups is 1. The van der Waals surface area contributed by atoms with E-state index in [0.29, 0.717) is 0 Å². The Morgan fingerprint density at radius 2 is 1.65 bits per heavy atom. The number of rotatable bonds is 7. The normalized spacial score (nSPS) is 10.4. The van der Waals surface area contributed by atoms with Gasteiger partial charge in [0.15, 0.2) is 0 Å². The molecule has 0 bridgehead atoms. The molecule has 0 saturated carbocycles. The summed E-state index contributed by atoms with van der Waals surface area (Å²) >= 11 is 1.91. The molecule has 0 saturated heterocycles. The predicted molar refractivity (Wildman–Crippen MR) is 90.5 cm³/mol. The van der Waals surface area contributed by atoms with Crippen molar-refractivity contribution in [1.29, 1.82) is 0 Å². The van der Waals surface area contributed by atoms with Crippen molar-refractivity contribution in [2.75, 3.05) is 29.5 Å². The second-order valence-corrected chi connectivity index (χ2v) is 5.91. The van der Waals surface area contributed by atoms with Crippen LogP contribution in [0.3, 0.4) is 0 Å². The molecule has 0 radical (unpaired) electrons. The fourth-order valence-electron chi connectivity index (χ4n) is 2.12. The van der Waals surface area contributed by atoms with E-state index < -0.39 is 0 Å². The maximum absolute atomic E-state index is 5.75. The van der Waals surface area contributed by atoms with Gasteiger partial charge in [-0.1, -0.05) is 25.1 Å². The van der Waals surface area contributed by atoms with Crippen LogP contribution >= 0.6 is 11.8 Å². The van der Waals surface area contributed by atoms with Gasteiger partial charge in [-0.15, -0.1) is 11.8 Å². The van der Waals surface area contributed by atoms with Crippen molar-refractivity contribution in [3.05, 3.63) is 54.6 Å². The summed E-state index contributed by atoms with van der Waals surface area (Å²) in [5, 5.41) is 0. The van der Waals surface area contributed by atoms with Gasteiger partial charge in [0.25, 0.3) is 0 Å². The van der Waals surface area contributed by atoms with Crippen molar-refractivity contribution in [2.24, 2.45) is 0 Å². The lowest BCUT2D eigenvalue weighted by molar-refractivity contribution is 0.796. The number of anilines is 2. The first-order valence-corrected chi connectivity index (χ1v) is 8.06. The Morgan fingerprint density at radius 1 is 0.950 bits per heavy atom. The summed E-state index contributed by atoms with van der Waals surface area (Å²) in [5.74, 6) is 1.09. The zero-order chi connectivity index (χ0) is 14.2. The van der Waals surface area contributed by atoms with Crippen molar-refractivity contribution < 1.29 is 0 Å². The van der Waals surface area contributed by atoms with Crippen molar-refractivity contribution in [2.45, 2.75) is 18.2 Å². The van der Waals surface area contributed by atoms with Crippen LogP contribution in [0, 0.1) is 0 Å². The number of hydrogen-bond acceptors (Lipinski definition) is 3. The molecule has 106 valence electrons. The summed E-state index contributed by atoms with van der Waals surface area (Å²) in [4.78, 5) is 3.76. The largest absolute Gasteiger partial charge is 0.399 e. The molecule has 0 unspecified atom stereocenters. The molecule has 0 atom stereocenters. The van der Waals surface area contributed by atoms with E-state index >= 15 is 0 Å². The molecule has 2 N–H and O–H groups in total. The first-order chi connectivity index (χ1) is 9.79. The molecule has 0 spiro atoms. The van der Waals surface area contributed by atoms with Gasteiger partial charge in [0.1, 0.15) is 0 Å². The first-order valence-electron chi connectivity index (χ1n) is 7.08. The summed E-state index contributed by atoms with van der Waals surface area (Å²) < 4.78 is 0. The van der Waals surface area contributed by atoms with Crippen molar-refractivity contribution in [3.63, 3.8) is 0 Å². The molecule has 2 nitrogen and oxygen atoms in total. The van der Waals surface area contributed by atoms with Crippen molar-refractivity contribution in [1.82, 2.24) is 0 Å². The molecular formula is C17H22N2S. The highest BCUT2D eigenvalue weighted by molar-refractivity contribution is 7.99. The van der Waals surface area contributed by atoms with Gasteiger partial charge < -0.3 is 10.6 Å². The highest BCUT2D eigenvalue weighted by atomic mass is 32.2. The fraction of sp³-hybridized carbons (Fsp3) is 0.294. The Balaban J connectivity index is 1.90. The monoisotopic (exact) mass is 286 g/mol. The van der Waals surface area contributed by atoms with Gasteiger partial charge >= 0.3 is 0 Å². The molecule has 3 heteroatoms. The Kier molecular flexibility index (Phi) is 5.81.